The van der Waals surface area contributed by atoms with Gasteiger partial charge in [0.15, 0.2) is 0 Å². The number of hydrogen-bond acceptors (Lipinski definition) is 2. The molecule has 2 nitrogen and oxygen atoms in total. The van der Waals surface area contributed by atoms with Crippen LogP contribution >= 0.6 is 0 Å². The van der Waals surface area contributed by atoms with E-state index in [4.69, 9.17) is 0 Å². The van der Waals surface area contributed by atoms with Gasteiger partial charge in [-0.15, -0.1) is 0 Å². The van der Waals surface area contributed by atoms with Gasteiger partial charge in [0.2, 0.25) is 0 Å². The van der Waals surface area contributed by atoms with Gasteiger partial charge in [0.25, 0.3) is 0 Å². The molecule has 0 radical (unpaired) electrons. The van der Waals surface area contributed by atoms with Crippen molar-refractivity contribution in [2.75, 3.05) is 0 Å². The van der Waals surface area contributed by atoms with E-state index in [1.165, 1.54) is 51.4 Å². The second-order valence-electron chi connectivity index (χ2n) is 5.86. The van der Waals surface area contributed by atoms with Gasteiger partial charge in [0.1, 0.15) is 0 Å². The fourth-order valence-electron chi connectivity index (χ4n) is 3.69. The zero-order valence-electron chi connectivity index (χ0n) is 9.54. The molecule has 0 amide bonds. The molecule has 0 saturated heterocycles. The van der Waals surface area contributed by atoms with Crippen molar-refractivity contribution in [1.82, 2.24) is 5.32 Å². The highest BCUT2D eigenvalue weighted by molar-refractivity contribution is 5.04. The van der Waals surface area contributed by atoms with Crippen LogP contribution in [0.5, 0.6) is 0 Å². The lowest BCUT2D eigenvalue weighted by Crippen LogP contribution is -2.59. The minimum atomic E-state index is -0.348. The molecule has 0 aliphatic heterocycles. The van der Waals surface area contributed by atoms with Gasteiger partial charge >= 0.3 is 0 Å². The minimum absolute atomic E-state index is 0.348. The van der Waals surface area contributed by atoms with E-state index in [-0.39, 0.29) is 5.60 Å². The maximum Gasteiger partial charge on any atom is 0.0828 e. The molecule has 3 rings (SSSR count). The predicted octanol–water partition coefficient (Wildman–Crippen LogP) is 2.21. The molecule has 0 aromatic heterocycles. The lowest BCUT2D eigenvalue weighted by atomic mass is 9.65. The summed E-state index contributed by atoms with van der Waals surface area (Å²) in [6.07, 6.45) is 11.3. The number of nitrogens with one attached hydrogen (secondary N) is 1. The van der Waals surface area contributed by atoms with E-state index in [1.54, 1.807) is 0 Å². The summed E-state index contributed by atoms with van der Waals surface area (Å²) in [6, 6.07) is 1.14. The molecule has 3 saturated carbocycles. The SMILES string of the molecule is O[C@]12CCCC[C@@H]1CCC[C@@H]2NC1CC1. The van der Waals surface area contributed by atoms with E-state index in [1.807, 2.05) is 0 Å². The molecule has 3 atom stereocenters. The van der Waals surface area contributed by atoms with Crippen LogP contribution in [0.2, 0.25) is 0 Å². The van der Waals surface area contributed by atoms with Gasteiger partial charge in [0.05, 0.1) is 5.60 Å². The monoisotopic (exact) mass is 209 g/mol. The van der Waals surface area contributed by atoms with Gasteiger partial charge in [-0.2, -0.15) is 0 Å². The number of hydrogen-bond donors (Lipinski definition) is 2. The molecule has 0 aromatic carbocycles. The largest absolute Gasteiger partial charge is 0.388 e. The molecule has 0 unspecified atom stereocenters. The van der Waals surface area contributed by atoms with Crippen LogP contribution in [0.3, 0.4) is 0 Å². The van der Waals surface area contributed by atoms with Crippen molar-refractivity contribution in [2.24, 2.45) is 5.92 Å². The summed E-state index contributed by atoms with van der Waals surface area (Å²) >= 11 is 0. The van der Waals surface area contributed by atoms with Gasteiger partial charge in [-0.25, -0.2) is 0 Å². The molecule has 3 aliphatic rings. The van der Waals surface area contributed by atoms with Crippen LogP contribution in [-0.2, 0) is 0 Å². The molecular formula is C13H23NO. The Morgan fingerprint density at radius 3 is 2.53 bits per heavy atom. The Morgan fingerprint density at radius 2 is 1.73 bits per heavy atom. The summed E-state index contributed by atoms with van der Waals surface area (Å²) < 4.78 is 0. The molecule has 0 aromatic rings. The van der Waals surface area contributed by atoms with Crippen LogP contribution in [0.15, 0.2) is 0 Å². The maximum atomic E-state index is 10.9. The Hall–Kier alpha value is -0.0800. The number of rotatable bonds is 2. The summed E-state index contributed by atoms with van der Waals surface area (Å²) in [4.78, 5) is 0. The van der Waals surface area contributed by atoms with E-state index in [2.05, 4.69) is 5.32 Å². The first-order valence-electron chi connectivity index (χ1n) is 6.77. The van der Waals surface area contributed by atoms with Crippen molar-refractivity contribution in [1.29, 1.82) is 0 Å². The standard InChI is InChI=1S/C13H23NO/c15-13-9-2-1-4-10(13)5-3-6-12(13)14-11-7-8-11/h10-12,14-15H,1-9H2/t10-,12+,13-/m1/s1. The van der Waals surface area contributed by atoms with Crippen LogP contribution in [0.25, 0.3) is 0 Å². The Labute approximate surface area is 92.4 Å². The summed E-state index contributed by atoms with van der Waals surface area (Å²) in [5.74, 6) is 0.594. The van der Waals surface area contributed by atoms with Gasteiger partial charge < -0.3 is 10.4 Å². The average molecular weight is 209 g/mol. The lowest BCUT2D eigenvalue weighted by molar-refractivity contribution is -0.0989. The van der Waals surface area contributed by atoms with Crippen LogP contribution < -0.4 is 5.32 Å². The second kappa shape index (κ2) is 3.74. The first kappa shape index (κ1) is 10.1. The zero-order chi connectivity index (χ0) is 10.3. The van der Waals surface area contributed by atoms with Gasteiger partial charge in [-0.1, -0.05) is 19.3 Å². The fraction of sp³-hybridized carbons (Fsp3) is 1.00. The van der Waals surface area contributed by atoms with E-state index >= 15 is 0 Å². The summed E-state index contributed by atoms with van der Waals surface area (Å²) in [5.41, 5.74) is -0.348. The smallest absolute Gasteiger partial charge is 0.0828 e. The third kappa shape index (κ3) is 1.83. The quantitative estimate of drug-likeness (QED) is 0.731. The highest BCUT2D eigenvalue weighted by atomic mass is 16.3. The first-order chi connectivity index (χ1) is 7.29. The van der Waals surface area contributed by atoms with Crippen molar-refractivity contribution >= 4 is 0 Å². The van der Waals surface area contributed by atoms with Crippen molar-refractivity contribution in [2.45, 2.75) is 75.5 Å². The molecule has 0 spiro atoms. The Kier molecular flexibility index (Phi) is 2.52. The minimum Gasteiger partial charge on any atom is -0.388 e. The third-order valence-electron chi connectivity index (χ3n) is 4.75. The zero-order valence-corrected chi connectivity index (χ0v) is 9.54. The Balaban J connectivity index is 1.73. The van der Waals surface area contributed by atoms with Crippen LogP contribution in [0, 0.1) is 5.92 Å². The van der Waals surface area contributed by atoms with E-state index in [0.717, 1.165) is 12.5 Å². The average Bonchev–Trinajstić information content (AvgIpc) is 3.03. The highest BCUT2D eigenvalue weighted by Crippen LogP contribution is 2.44. The molecule has 2 N–H and O–H groups in total. The normalized spacial score (nSPS) is 46.2. The van der Waals surface area contributed by atoms with Gasteiger partial charge in [0, 0.05) is 12.1 Å². The number of fused-ring (bicyclic) bond motifs is 1. The summed E-state index contributed by atoms with van der Waals surface area (Å²) in [6.45, 7) is 0. The van der Waals surface area contributed by atoms with Crippen molar-refractivity contribution < 1.29 is 5.11 Å². The van der Waals surface area contributed by atoms with E-state index < -0.39 is 0 Å². The molecular weight excluding hydrogens is 186 g/mol. The third-order valence-corrected chi connectivity index (χ3v) is 4.75. The van der Waals surface area contributed by atoms with Gasteiger partial charge in [-0.3, -0.25) is 0 Å². The molecule has 2 heteroatoms. The number of aliphatic hydroxyl groups is 1. The lowest BCUT2D eigenvalue weighted by Gasteiger charge is -2.49. The van der Waals surface area contributed by atoms with Crippen molar-refractivity contribution in [3.8, 4) is 0 Å². The highest BCUT2D eigenvalue weighted by Gasteiger charge is 2.48. The molecule has 15 heavy (non-hydrogen) atoms. The fourth-order valence-corrected chi connectivity index (χ4v) is 3.69. The maximum absolute atomic E-state index is 10.9. The van der Waals surface area contributed by atoms with Crippen LogP contribution in [0.4, 0.5) is 0 Å². The molecule has 0 heterocycles. The van der Waals surface area contributed by atoms with E-state index in [0.29, 0.717) is 12.0 Å². The topological polar surface area (TPSA) is 32.3 Å². The summed E-state index contributed by atoms with van der Waals surface area (Å²) in [7, 11) is 0. The first-order valence-corrected chi connectivity index (χ1v) is 6.77. The Morgan fingerprint density at radius 1 is 0.933 bits per heavy atom. The van der Waals surface area contributed by atoms with E-state index in [9.17, 15) is 5.11 Å². The van der Waals surface area contributed by atoms with Gasteiger partial charge in [-0.05, 0) is 44.4 Å². The van der Waals surface area contributed by atoms with Crippen LogP contribution in [-0.4, -0.2) is 22.8 Å². The molecule has 3 fully saturated rings. The molecule has 3 aliphatic carbocycles. The van der Waals surface area contributed by atoms with Crippen LogP contribution in [0.1, 0.15) is 57.8 Å². The Bertz CT molecular complexity index is 237. The predicted molar refractivity (Wildman–Crippen MR) is 60.7 cm³/mol. The molecule has 86 valence electrons. The van der Waals surface area contributed by atoms with Crippen molar-refractivity contribution in [3.05, 3.63) is 0 Å². The second-order valence-corrected chi connectivity index (χ2v) is 5.86. The van der Waals surface area contributed by atoms with Crippen molar-refractivity contribution in [3.63, 3.8) is 0 Å². The molecule has 0 bridgehead atoms. The summed E-state index contributed by atoms with van der Waals surface area (Å²) in [5, 5.41) is 14.5.